The minimum atomic E-state index is -0.468. The number of anilines is 3. The van der Waals surface area contributed by atoms with Crippen LogP contribution in [0, 0.1) is 0 Å². The van der Waals surface area contributed by atoms with Crippen LogP contribution in [0.3, 0.4) is 0 Å². The van der Waals surface area contributed by atoms with Gasteiger partial charge in [0.15, 0.2) is 0 Å². The van der Waals surface area contributed by atoms with Crippen LogP contribution in [0.5, 0.6) is 0 Å². The minimum Gasteiger partial charge on any atom is -0.333 e. The second-order valence-corrected chi connectivity index (χ2v) is 13.6. The van der Waals surface area contributed by atoms with Crippen molar-refractivity contribution in [3.8, 4) is 11.1 Å². The number of nitrogens with zero attached hydrogens (tertiary/aromatic N) is 2. The van der Waals surface area contributed by atoms with Gasteiger partial charge in [-0.3, -0.25) is 0 Å². The van der Waals surface area contributed by atoms with Gasteiger partial charge in [-0.25, -0.2) is 0 Å². The van der Waals surface area contributed by atoms with E-state index in [1.807, 2.05) is 0 Å². The Labute approximate surface area is 298 Å². The fourth-order valence-electron chi connectivity index (χ4n) is 8.84. The molecule has 2 heteroatoms. The van der Waals surface area contributed by atoms with Crippen molar-refractivity contribution in [2.75, 3.05) is 4.90 Å². The summed E-state index contributed by atoms with van der Waals surface area (Å²) in [6.45, 7) is 0. The Morgan fingerprint density at radius 2 is 1.08 bits per heavy atom. The van der Waals surface area contributed by atoms with E-state index in [0.717, 1.165) is 23.5 Å². The minimum absolute atomic E-state index is 0.258. The third-order valence-corrected chi connectivity index (χ3v) is 11.0. The van der Waals surface area contributed by atoms with Crippen molar-refractivity contribution in [1.82, 2.24) is 4.57 Å². The van der Waals surface area contributed by atoms with E-state index in [1.165, 1.54) is 55.2 Å². The van der Waals surface area contributed by atoms with E-state index in [0.29, 0.717) is 0 Å². The lowest BCUT2D eigenvalue weighted by atomic mass is 9.67. The number of hydrogen-bond acceptors (Lipinski definition) is 1. The van der Waals surface area contributed by atoms with Gasteiger partial charge in [0.05, 0.1) is 17.0 Å². The number of allylic oxidation sites excluding steroid dienone is 4. The molecule has 0 fully saturated rings. The molecule has 1 unspecified atom stereocenters. The highest BCUT2D eigenvalue weighted by atomic mass is 15.1. The number of fused-ring (bicyclic) bond motifs is 6. The zero-order valence-electron chi connectivity index (χ0n) is 28.2. The van der Waals surface area contributed by atoms with Crippen molar-refractivity contribution < 1.29 is 0 Å². The molecule has 2 nitrogen and oxygen atoms in total. The molecule has 1 atom stereocenters. The summed E-state index contributed by atoms with van der Waals surface area (Å²) in [5.74, 6) is 0. The van der Waals surface area contributed by atoms with Gasteiger partial charge in [0.2, 0.25) is 0 Å². The summed E-state index contributed by atoms with van der Waals surface area (Å²) in [5, 5.41) is 2.57. The van der Waals surface area contributed by atoms with Crippen LogP contribution in [0.2, 0.25) is 0 Å². The lowest BCUT2D eigenvalue weighted by Crippen LogP contribution is -2.28. The Morgan fingerprint density at radius 3 is 1.82 bits per heavy atom. The summed E-state index contributed by atoms with van der Waals surface area (Å²) in [6, 6.07) is 65.1. The third-order valence-electron chi connectivity index (χ3n) is 11.0. The van der Waals surface area contributed by atoms with E-state index in [9.17, 15) is 0 Å². The molecule has 242 valence electrons. The summed E-state index contributed by atoms with van der Waals surface area (Å²) in [6.07, 6.45) is 9.93. The van der Waals surface area contributed by atoms with E-state index >= 15 is 0 Å². The first kappa shape index (κ1) is 29.5. The topological polar surface area (TPSA) is 8.17 Å². The summed E-state index contributed by atoms with van der Waals surface area (Å²) in [4.78, 5) is 2.43. The van der Waals surface area contributed by atoms with Crippen molar-refractivity contribution in [2.24, 2.45) is 0 Å². The molecule has 10 rings (SSSR count). The second kappa shape index (κ2) is 11.9. The van der Waals surface area contributed by atoms with E-state index < -0.39 is 5.41 Å². The Bertz CT molecular complexity index is 2570. The van der Waals surface area contributed by atoms with Crippen LogP contribution in [0.25, 0.3) is 32.9 Å². The first-order chi connectivity index (χ1) is 25.3. The number of benzene rings is 7. The molecular weight excluding hydrogens is 617 g/mol. The van der Waals surface area contributed by atoms with Gasteiger partial charge in [0, 0.05) is 33.4 Å². The first-order valence-corrected chi connectivity index (χ1v) is 17.9. The quantitative estimate of drug-likeness (QED) is 0.174. The molecule has 0 spiro atoms. The molecule has 1 aromatic heterocycles. The lowest BCUT2D eigenvalue weighted by molar-refractivity contribution is 0.648. The molecule has 0 bridgehead atoms. The van der Waals surface area contributed by atoms with Crippen LogP contribution in [-0.4, -0.2) is 4.57 Å². The summed E-state index contributed by atoms with van der Waals surface area (Å²) in [5.41, 5.74) is 13.2. The number of rotatable bonds is 6. The Morgan fingerprint density at radius 1 is 0.471 bits per heavy atom. The molecule has 0 saturated heterocycles. The maximum absolute atomic E-state index is 2.53. The Kier molecular flexibility index (Phi) is 6.89. The predicted octanol–water partition coefficient (Wildman–Crippen LogP) is 12.7. The molecular formula is C49H36N2. The first-order valence-electron chi connectivity index (χ1n) is 17.9. The fourth-order valence-corrected chi connectivity index (χ4v) is 8.84. The van der Waals surface area contributed by atoms with Crippen LogP contribution >= 0.6 is 0 Å². The van der Waals surface area contributed by atoms with Gasteiger partial charge in [-0.1, -0.05) is 158 Å². The predicted molar refractivity (Wildman–Crippen MR) is 213 cm³/mol. The van der Waals surface area contributed by atoms with E-state index in [1.54, 1.807) is 0 Å². The van der Waals surface area contributed by atoms with Crippen molar-refractivity contribution in [1.29, 1.82) is 0 Å². The van der Waals surface area contributed by atoms with Gasteiger partial charge in [0.25, 0.3) is 0 Å². The molecule has 0 saturated carbocycles. The molecule has 2 aliphatic rings. The van der Waals surface area contributed by atoms with Gasteiger partial charge < -0.3 is 9.47 Å². The molecule has 0 radical (unpaired) electrons. The molecule has 8 aromatic rings. The van der Waals surface area contributed by atoms with Crippen molar-refractivity contribution in [2.45, 2.75) is 17.9 Å². The van der Waals surface area contributed by atoms with E-state index in [4.69, 9.17) is 0 Å². The summed E-state index contributed by atoms with van der Waals surface area (Å²) < 4.78 is 2.53. The third kappa shape index (κ3) is 4.50. The highest BCUT2D eigenvalue weighted by Gasteiger charge is 2.46. The van der Waals surface area contributed by atoms with Crippen molar-refractivity contribution in [3.05, 3.63) is 222 Å². The monoisotopic (exact) mass is 652 g/mol. The number of para-hydroxylation sites is 2. The van der Waals surface area contributed by atoms with Crippen molar-refractivity contribution in [3.63, 3.8) is 0 Å². The normalized spacial score (nSPS) is 15.6. The Hall–Kier alpha value is -6.38. The van der Waals surface area contributed by atoms with Gasteiger partial charge in [-0.15, -0.1) is 0 Å². The SMILES string of the molecule is C1=CCC(n2c3ccccc3c3ccc(N(c4ccccc4)c4ccc5c(c4)C(c4ccccc4)(c4ccccc4)c4ccccc4-5)cc32)C=C1. The molecule has 1 heterocycles. The van der Waals surface area contributed by atoms with E-state index in [-0.39, 0.29) is 6.04 Å². The van der Waals surface area contributed by atoms with Crippen molar-refractivity contribution >= 4 is 38.9 Å². The molecule has 51 heavy (non-hydrogen) atoms. The average Bonchev–Trinajstić information content (AvgIpc) is 3.70. The average molecular weight is 653 g/mol. The lowest BCUT2D eigenvalue weighted by Gasteiger charge is -2.35. The highest BCUT2D eigenvalue weighted by molar-refractivity contribution is 6.09. The molecule has 0 amide bonds. The molecule has 2 aliphatic carbocycles. The zero-order valence-corrected chi connectivity index (χ0v) is 28.2. The van der Waals surface area contributed by atoms with Gasteiger partial charge >= 0.3 is 0 Å². The van der Waals surface area contributed by atoms with Gasteiger partial charge in [-0.05, 0) is 82.3 Å². The molecule has 0 aliphatic heterocycles. The largest absolute Gasteiger partial charge is 0.333 e. The highest BCUT2D eigenvalue weighted by Crippen LogP contribution is 2.57. The maximum atomic E-state index is 2.53. The van der Waals surface area contributed by atoms with Gasteiger partial charge in [-0.2, -0.15) is 0 Å². The fraction of sp³-hybridized carbons (Fsp3) is 0.0612. The number of aromatic nitrogens is 1. The molecule has 0 N–H and O–H groups in total. The maximum Gasteiger partial charge on any atom is 0.0714 e. The number of hydrogen-bond donors (Lipinski definition) is 0. The summed E-state index contributed by atoms with van der Waals surface area (Å²) >= 11 is 0. The molecule has 7 aromatic carbocycles. The van der Waals surface area contributed by atoms with Crippen LogP contribution in [0.15, 0.2) is 200 Å². The summed E-state index contributed by atoms with van der Waals surface area (Å²) in [7, 11) is 0. The standard InChI is InChI=1S/C49H36N2/c1-5-17-35(18-6-1)49(36-19-7-2-8-20-36)45-27-15-13-25-41(45)42-31-29-39(33-46(42)49)50(37-21-9-3-10-22-37)40-30-32-44-43-26-14-16-28-47(43)51(48(44)34-40)38-23-11-4-12-24-38/h1-23,25-34,38H,24H2. The zero-order chi connectivity index (χ0) is 33.8. The van der Waals surface area contributed by atoms with Crippen LogP contribution in [-0.2, 0) is 5.41 Å². The Balaban J connectivity index is 1.24. The van der Waals surface area contributed by atoms with Crippen LogP contribution in [0.4, 0.5) is 17.1 Å². The second-order valence-electron chi connectivity index (χ2n) is 13.6. The van der Waals surface area contributed by atoms with E-state index in [2.05, 4.69) is 210 Å². The van der Waals surface area contributed by atoms with Crippen LogP contribution < -0.4 is 4.90 Å². The smallest absolute Gasteiger partial charge is 0.0714 e. The van der Waals surface area contributed by atoms with Crippen LogP contribution in [0.1, 0.15) is 34.7 Å². The van der Waals surface area contributed by atoms with Gasteiger partial charge in [0.1, 0.15) is 0 Å².